The minimum absolute atomic E-state index is 0.113. The number of benzene rings is 1. The summed E-state index contributed by atoms with van der Waals surface area (Å²) < 4.78 is 39.6. The Morgan fingerprint density at radius 3 is 2.55 bits per heavy atom. The zero-order valence-corrected chi connectivity index (χ0v) is 10.0. The third kappa shape index (κ3) is 5.14. The number of nitrogens with two attached hydrogens (primary N) is 1. The molecule has 9 heteroatoms. The fourth-order valence-electron chi connectivity index (χ4n) is 1.30. The predicted octanol–water partition coefficient (Wildman–Crippen LogP) is 1.48. The molecule has 0 fully saturated rings. The van der Waals surface area contributed by atoms with Crippen molar-refractivity contribution in [2.75, 3.05) is 24.3 Å². The van der Waals surface area contributed by atoms with Crippen molar-refractivity contribution < 1.29 is 32.6 Å². The molecule has 0 heterocycles. The molecule has 0 aliphatic carbocycles. The molecule has 0 saturated heterocycles. The molecule has 0 saturated carbocycles. The van der Waals surface area contributed by atoms with Crippen LogP contribution in [0.3, 0.4) is 0 Å². The van der Waals surface area contributed by atoms with E-state index in [0.717, 1.165) is 0 Å². The van der Waals surface area contributed by atoms with Crippen LogP contribution in [0.4, 0.5) is 24.5 Å². The molecular weight excluding hydrogens is 281 g/mol. The van der Waals surface area contributed by atoms with E-state index in [2.05, 4.69) is 10.1 Å². The summed E-state index contributed by atoms with van der Waals surface area (Å²) in [7, 11) is 0. The van der Waals surface area contributed by atoms with Gasteiger partial charge in [0, 0.05) is 5.69 Å². The molecule has 20 heavy (non-hydrogen) atoms. The third-order valence-electron chi connectivity index (χ3n) is 2.05. The maximum Gasteiger partial charge on any atom is 0.411 e. The van der Waals surface area contributed by atoms with Crippen molar-refractivity contribution in [2.24, 2.45) is 0 Å². The number of carbonyl (C=O) groups is 2. The third-order valence-corrected chi connectivity index (χ3v) is 2.05. The van der Waals surface area contributed by atoms with Gasteiger partial charge in [-0.2, -0.15) is 13.2 Å². The lowest BCUT2D eigenvalue weighted by molar-refractivity contribution is -0.174. The maximum atomic E-state index is 11.8. The van der Waals surface area contributed by atoms with Crippen molar-refractivity contribution in [3.63, 3.8) is 0 Å². The number of anilines is 2. The Balaban J connectivity index is 2.66. The van der Waals surface area contributed by atoms with Crippen molar-refractivity contribution in [3.05, 3.63) is 23.8 Å². The van der Waals surface area contributed by atoms with E-state index in [0.29, 0.717) is 0 Å². The molecule has 0 aromatic heterocycles. The van der Waals surface area contributed by atoms with E-state index in [1.165, 1.54) is 18.2 Å². The number of nitrogens with one attached hydrogen (secondary N) is 1. The fourth-order valence-corrected chi connectivity index (χ4v) is 1.30. The van der Waals surface area contributed by atoms with Crippen LogP contribution < -0.4 is 11.1 Å². The van der Waals surface area contributed by atoms with E-state index in [4.69, 9.17) is 10.8 Å². The van der Waals surface area contributed by atoms with Gasteiger partial charge < -0.3 is 20.9 Å². The second-order valence-corrected chi connectivity index (χ2v) is 3.77. The first kappa shape index (κ1) is 15.8. The molecule has 1 aromatic rings. The highest BCUT2D eigenvalue weighted by Gasteiger charge is 2.27. The summed E-state index contributed by atoms with van der Waals surface area (Å²) in [5.74, 6) is -2.22. The Labute approximate surface area is 111 Å². The first-order valence-corrected chi connectivity index (χ1v) is 5.26. The standard InChI is InChI=1S/C11H11F3N2O4/c12-11(13,14)5-20-4-9(17)16-8-3-6(15)1-2-7(8)10(18)19/h1-3H,4-5,15H2,(H,16,17)(H,18,19). The number of carboxylic acid groups (broad SMARTS) is 1. The van der Waals surface area contributed by atoms with E-state index in [9.17, 15) is 22.8 Å². The predicted molar refractivity (Wildman–Crippen MR) is 63.3 cm³/mol. The lowest BCUT2D eigenvalue weighted by Gasteiger charge is -2.10. The van der Waals surface area contributed by atoms with Gasteiger partial charge in [0.1, 0.15) is 13.2 Å². The summed E-state index contributed by atoms with van der Waals surface area (Å²) in [5, 5.41) is 11.0. The van der Waals surface area contributed by atoms with Gasteiger partial charge in [0.25, 0.3) is 0 Å². The Hall–Kier alpha value is -2.29. The van der Waals surface area contributed by atoms with Crippen molar-refractivity contribution in [2.45, 2.75) is 6.18 Å². The number of rotatable bonds is 5. The molecule has 0 atom stereocenters. The normalized spacial score (nSPS) is 11.2. The lowest BCUT2D eigenvalue weighted by Crippen LogP contribution is -2.24. The van der Waals surface area contributed by atoms with Gasteiger partial charge in [-0.1, -0.05) is 0 Å². The van der Waals surface area contributed by atoms with Crippen LogP contribution >= 0.6 is 0 Å². The fraction of sp³-hybridized carbons (Fsp3) is 0.273. The van der Waals surface area contributed by atoms with Crippen LogP contribution in [0.5, 0.6) is 0 Å². The van der Waals surface area contributed by atoms with Gasteiger partial charge in [-0.25, -0.2) is 4.79 Å². The van der Waals surface area contributed by atoms with Crippen LogP contribution in [-0.4, -0.2) is 36.4 Å². The van der Waals surface area contributed by atoms with Crippen molar-refractivity contribution in [1.29, 1.82) is 0 Å². The summed E-state index contributed by atoms with van der Waals surface area (Å²) >= 11 is 0. The highest BCUT2D eigenvalue weighted by molar-refractivity contribution is 6.01. The van der Waals surface area contributed by atoms with Crippen LogP contribution in [-0.2, 0) is 9.53 Å². The SMILES string of the molecule is Nc1ccc(C(=O)O)c(NC(=O)COCC(F)(F)F)c1. The van der Waals surface area contributed by atoms with E-state index in [1.54, 1.807) is 0 Å². The number of halogens is 3. The average Bonchev–Trinajstić information content (AvgIpc) is 2.26. The van der Waals surface area contributed by atoms with E-state index in [1.807, 2.05) is 0 Å². The summed E-state index contributed by atoms with van der Waals surface area (Å²) in [6.45, 7) is -2.42. The largest absolute Gasteiger partial charge is 0.478 e. The second-order valence-electron chi connectivity index (χ2n) is 3.77. The molecule has 0 radical (unpaired) electrons. The molecule has 6 nitrogen and oxygen atoms in total. The molecular formula is C11H11F3N2O4. The van der Waals surface area contributed by atoms with Crippen molar-refractivity contribution >= 4 is 23.3 Å². The Morgan fingerprint density at radius 1 is 1.35 bits per heavy atom. The average molecular weight is 292 g/mol. The molecule has 0 spiro atoms. The van der Waals surface area contributed by atoms with Gasteiger partial charge in [-0.05, 0) is 18.2 Å². The molecule has 1 aromatic carbocycles. The number of carboxylic acids is 1. The van der Waals surface area contributed by atoms with Crippen LogP contribution in [0.1, 0.15) is 10.4 Å². The number of ether oxygens (including phenoxy) is 1. The summed E-state index contributed by atoms with van der Waals surface area (Å²) in [6.07, 6.45) is -4.54. The molecule has 0 aliphatic heterocycles. The number of hydrogen-bond acceptors (Lipinski definition) is 4. The lowest BCUT2D eigenvalue weighted by atomic mass is 10.1. The summed E-state index contributed by atoms with van der Waals surface area (Å²) in [5.41, 5.74) is 5.29. The van der Waals surface area contributed by atoms with Gasteiger partial charge >= 0.3 is 12.1 Å². The van der Waals surface area contributed by atoms with Crippen LogP contribution in [0, 0.1) is 0 Å². The van der Waals surface area contributed by atoms with Crippen LogP contribution in [0.25, 0.3) is 0 Å². The van der Waals surface area contributed by atoms with Gasteiger partial charge in [0.2, 0.25) is 5.91 Å². The van der Waals surface area contributed by atoms with Gasteiger partial charge in [-0.15, -0.1) is 0 Å². The zero-order valence-electron chi connectivity index (χ0n) is 10.0. The van der Waals surface area contributed by atoms with Gasteiger partial charge in [-0.3, -0.25) is 4.79 Å². The monoisotopic (exact) mass is 292 g/mol. The molecule has 1 rings (SSSR count). The molecule has 0 unspecified atom stereocenters. The van der Waals surface area contributed by atoms with E-state index >= 15 is 0 Å². The summed E-state index contributed by atoms with van der Waals surface area (Å²) in [4.78, 5) is 22.2. The minimum Gasteiger partial charge on any atom is -0.478 e. The zero-order chi connectivity index (χ0) is 15.3. The molecule has 1 amide bonds. The minimum atomic E-state index is -4.54. The van der Waals surface area contributed by atoms with E-state index < -0.39 is 31.3 Å². The summed E-state index contributed by atoms with van der Waals surface area (Å²) in [6, 6.07) is 3.67. The number of nitrogen functional groups attached to an aromatic ring is 1. The number of aromatic carboxylic acids is 1. The number of carbonyl (C=O) groups excluding carboxylic acids is 1. The topological polar surface area (TPSA) is 102 Å². The quantitative estimate of drug-likeness (QED) is 0.713. The van der Waals surface area contributed by atoms with Crippen molar-refractivity contribution in [3.8, 4) is 0 Å². The van der Waals surface area contributed by atoms with Crippen LogP contribution in [0.2, 0.25) is 0 Å². The Morgan fingerprint density at radius 2 is 2.00 bits per heavy atom. The van der Waals surface area contributed by atoms with E-state index in [-0.39, 0.29) is 16.9 Å². The first-order valence-electron chi connectivity index (χ1n) is 5.26. The van der Waals surface area contributed by atoms with Gasteiger partial charge in [0.15, 0.2) is 0 Å². The maximum absolute atomic E-state index is 11.8. The number of hydrogen-bond donors (Lipinski definition) is 3. The molecule has 0 aliphatic rings. The second kappa shape index (κ2) is 6.24. The van der Waals surface area contributed by atoms with Gasteiger partial charge in [0.05, 0.1) is 11.3 Å². The highest BCUT2D eigenvalue weighted by Crippen LogP contribution is 2.19. The van der Waals surface area contributed by atoms with Crippen LogP contribution in [0.15, 0.2) is 18.2 Å². The van der Waals surface area contributed by atoms with Crippen molar-refractivity contribution in [1.82, 2.24) is 0 Å². The highest BCUT2D eigenvalue weighted by atomic mass is 19.4. The molecule has 4 N–H and O–H groups in total. The first-order chi connectivity index (χ1) is 9.19. The number of alkyl halides is 3. The Kier molecular flexibility index (Phi) is 4.92. The smallest absolute Gasteiger partial charge is 0.411 e. The number of amides is 1. The molecule has 0 bridgehead atoms. The molecule has 110 valence electrons. The Bertz CT molecular complexity index is 517.